The summed E-state index contributed by atoms with van der Waals surface area (Å²) < 4.78 is 0. The molecule has 0 amide bonds. The molecule has 1 saturated carbocycles. The van der Waals surface area contributed by atoms with Crippen LogP contribution in [-0.2, 0) is 6.54 Å². The number of nitrogens with zero attached hydrogens (tertiary/aromatic N) is 3. The van der Waals surface area contributed by atoms with E-state index in [1.807, 2.05) is 19.2 Å². The standard InChI is InChI=1S/C15H19N5/c1-9-7-17-6-5-12(9)8-18-14-10(2)13(16)19-15(20-14)11-3-4-11/h5-7,11H,3-4,8H2,1-2H3,(H3,16,18,19,20). The number of nitrogen functional groups attached to an aromatic ring is 1. The van der Waals surface area contributed by atoms with E-state index in [1.165, 1.54) is 24.0 Å². The van der Waals surface area contributed by atoms with Crippen molar-refractivity contribution in [3.8, 4) is 0 Å². The molecule has 0 radical (unpaired) electrons. The molecule has 1 aliphatic carbocycles. The van der Waals surface area contributed by atoms with Crippen LogP contribution in [0.25, 0.3) is 0 Å². The fourth-order valence-corrected chi connectivity index (χ4v) is 2.13. The van der Waals surface area contributed by atoms with Gasteiger partial charge in [0.15, 0.2) is 0 Å². The molecule has 2 aromatic heterocycles. The van der Waals surface area contributed by atoms with E-state index >= 15 is 0 Å². The SMILES string of the molecule is Cc1cnccc1CNc1nc(C2CC2)nc(N)c1C. The third-order valence-corrected chi connectivity index (χ3v) is 3.73. The molecular weight excluding hydrogens is 250 g/mol. The van der Waals surface area contributed by atoms with Crippen molar-refractivity contribution >= 4 is 11.6 Å². The van der Waals surface area contributed by atoms with Crippen LogP contribution in [0.15, 0.2) is 18.5 Å². The minimum Gasteiger partial charge on any atom is -0.383 e. The Bertz CT molecular complexity index is 634. The Kier molecular flexibility index (Phi) is 3.26. The van der Waals surface area contributed by atoms with Crippen molar-refractivity contribution in [2.45, 2.75) is 39.2 Å². The number of rotatable bonds is 4. The van der Waals surface area contributed by atoms with E-state index in [0.717, 1.165) is 23.8 Å². The molecule has 0 saturated heterocycles. The third-order valence-electron chi connectivity index (χ3n) is 3.73. The predicted octanol–water partition coefficient (Wildman–Crippen LogP) is 2.56. The van der Waals surface area contributed by atoms with E-state index in [2.05, 4.69) is 27.2 Å². The molecule has 0 bridgehead atoms. The Balaban J connectivity index is 1.81. The second kappa shape index (κ2) is 5.07. The minimum atomic E-state index is 0.501. The molecule has 0 spiro atoms. The van der Waals surface area contributed by atoms with Gasteiger partial charge in [0.1, 0.15) is 17.5 Å². The van der Waals surface area contributed by atoms with Crippen LogP contribution in [0.5, 0.6) is 0 Å². The van der Waals surface area contributed by atoms with Gasteiger partial charge in [-0.05, 0) is 43.9 Å². The van der Waals surface area contributed by atoms with E-state index < -0.39 is 0 Å². The summed E-state index contributed by atoms with van der Waals surface area (Å²) in [5.74, 6) is 2.80. The lowest BCUT2D eigenvalue weighted by Gasteiger charge is -2.12. The molecule has 3 N–H and O–H groups in total. The van der Waals surface area contributed by atoms with Gasteiger partial charge in [-0.3, -0.25) is 4.98 Å². The molecule has 2 aromatic rings. The molecule has 104 valence electrons. The number of aromatic nitrogens is 3. The van der Waals surface area contributed by atoms with Gasteiger partial charge >= 0.3 is 0 Å². The molecular formula is C15H19N5. The zero-order valence-corrected chi connectivity index (χ0v) is 11.8. The molecule has 2 heterocycles. The van der Waals surface area contributed by atoms with Crippen molar-refractivity contribution in [3.63, 3.8) is 0 Å². The fraction of sp³-hybridized carbons (Fsp3) is 0.400. The van der Waals surface area contributed by atoms with Gasteiger partial charge in [-0.15, -0.1) is 0 Å². The Morgan fingerprint density at radius 2 is 2.10 bits per heavy atom. The van der Waals surface area contributed by atoms with Gasteiger partial charge in [-0.1, -0.05) is 0 Å². The van der Waals surface area contributed by atoms with Crippen LogP contribution >= 0.6 is 0 Å². The van der Waals surface area contributed by atoms with Gasteiger partial charge in [0, 0.05) is 30.4 Å². The summed E-state index contributed by atoms with van der Waals surface area (Å²) in [5.41, 5.74) is 9.28. The van der Waals surface area contributed by atoms with Gasteiger partial charge in [0.2, 0.25) is 0 Å². The van der Waals surface area contributed by atoms with Crippen LogP contribution in [-0.4, -0.2) is 15.0 Å². The quantitative estimate of drug-likeness (QED) is 0.892. The van der Waals surface area contributed by atoms with Crippen molar-refractivity contribution in [1.29, 1.82) is 0 Å². The van der Waals surface area contributed by atoms with Crippen LogP contribution in [0.4, 0.5) is 11.6 Å². The van der Waals surface area contributed by atoms with Crippen molar-refractivity contribution in [1.82, 2.24) is 15.0 Å². The maximum atomic E-state index is 5.98. The molecule has 5 heteroatoms. The maximum absolute atomic E-state index is 5.98. The van der Waals surface area contributed by atoms with Crippen LogP contribution in [0.3, 0.4) is 0 Å². The number of nitrogens with one attached hydrogen (secondary N) is 1. The van der Waals surface area contributed by atoms with E-state index in [9.17, 15) is 0 Å². The summed E-state index contributed by atoms with van der Waals surface area (Å²) in [7, 11) is 0. The van der Waals surface area contributed by atoms with Crippen LogP contribution < -0.4 is 11.1 Å². The van der Waals surface area contributed by atoms with Gasteiger partial charge in [0.25, 0.3) is 0 Å². The number of nitrogens with two attached hydrogens (primary N) is 1. The third kappa shape index (κ3) is 2.57. The monoisotopic (exact) mass is 269 g/mol. The van der Waals surface area contributed by atoms with Gasteiger partial charge < -0.3 is 11.1 Å². The lowest BCUT2D eigenvalue weighted by Crippen LogP contribution is -2.10. The predicted molar refractivity (Wildman–Crippen MR) is 79.5 cm³/mol. The lowest BCUT2D eigenvalue weighted by molar-refractivity contribution is 0.916. The van der Waals surface area contributed by atoms with Gasteiger partial charge in [-0.2, -0.15) is 0 Å². The summed E-state index contributed by atoms with van der Waals surface area (Å²) in [6.07, 6.45) is 6.02. The minimum absolute atomic E-state index is 0.501. The second-order valence-corrected chi connectivity index (χ2v) is 5.37. The molecule has 5 nitrogen and oxygen atoms in total. The molecule has 0 unspecified atom stereocenters. The highest BCUT2D eigenvalue weighted by Gasteiger charge is 2.27. The summed E-state index contributed by atoms with van der Waals surface area (Å²) in [5, 5.41) is 3.38. The molecule has 0 atom stereocenters. The van der Waals surface area contributed by atoms with Crippen LogP contribution in [0.1, 0.15) is 41.3 Å². The van der Waals surface area contributed by atoms with Crippen LogP contribution in [0, 0.1) is 13.8 Å². The van der Waals surface area contributed by atoms with Crippen LogP contribution in [0.2, 0.25) is 0 Å². The first kappa shape index (κ1) is 12.8. The highest BCUT2D eigenvalue weighted by atomic mass is 15.1. The number of hydrogen-bond acceptors (Lipinski definition) is 5. The normalized spacial score (nSPS) is 14.3. The molecule has 1 aliphatic rings. The van der Waals surface area contributed by atoms with E-state index in [-0.39, 0.29) is 0 Å². The van der Waals surface area contributed by atoms with Crippen molar-refractivity contribution in [2.24, 2.45) is 0 Å². The average molecular weight is 269 g/mol. The van der Waals surface area contributed by atoms with Gasteiger partial charge in [0.05, 0.1) is 0 Å². The van der Waals surface area contributed by atoms with E-state index in [4.69, 9.17) is 5.73 Å². The summed E-state index contributed by atoms with van der Waals surface area (Å²) in [6.45, 7) is 4.73. The summed E-state index contributed by atoms with van der Waals surface area (Å²) in [6, 6.07) is 2.02. The Morgan fingerprint density at radius 3 is 2.80 bits per heavy atom. The van der Waals surface area contributed by atoms with E-state index in [1.54, 1.807) is 6.20 Å². The van der Waals surface area contributed by atoms with Crippen molar-refractivity contribution in [2.75, 3.05) is 11.1 Å². The van der Waals surface area contributed by atoms with Gasteiger partial charge in [-0.25, -0.2) is 9.97 Å². The first-order chi connectivity index (χ1) is 9.65. The first-order valence-electron chi connectivity index (χ1n) is 6.92. The van der Waals surface area contributed by atoms with Crippen molar-refractivity contribution in [3.05, 3.63) is 41.0 Å². The summed E-state index contributed by atoms with van der Waals surface area (Å²) in [4.78, 5) is 13.1. The van der Waals surface area contributed by atoms with Crippen molar-refractivity contribution < 1.29 is 0 Å². The Hall–Kier alpha value is -2.17. The molecule has 0 aromatic carbocycles. The fourth-order valence-electron chi connectivity index (χ4n) is 2.13. The first-order valence-corrected chi connectivity index (χ1v) is 6.92. The Morgan fingerprint density at radius 1 is 1.30 bits per heavy atom. The second-order valence-electron chi connectivity index (χ2n) is 5.37. The smallest absolute Gasteiger partial charge is 0.136 e. The summed E-state index contributed by atoms with van der Waals surface area (Å²) >= 11 is 0. The zero-order chi connectivity index (χ0) is 14.1. The number of pyridine rings is 1. The number of anilines is 2. The highest BCUT2D eigenvalue weighted by molar-refractivity contribution is 5.55. The molecule has 3 rings (SSSR count). The largest absolute Gasteiger partial charge is 0.383 e. The molecule has 0 aliphatic heterocycles. The molecule has 1 fully saturated rings. The highest BCUT2D eigenvalue weighted by Crippen LogP contribution is 2.39. The molecule has 20 heavy (non-hydrogen) atoms. The topological polar surface area (TPSA) is 76.7 Å². The number of aryl methyl sites for hydroxylation is 1. The zero-order valence-electron chi connectivity index (χ0n) is 11.8. The maximum Gasteiger partial charge on any atom is 0.136 e. The lowest BCUT2D eigenvalue weighted by atomic mass is 10.1. The van der Waals surface area contributed by atoms with E-state index in [0.29, 0.717) is 11.7 Å². The number of hydrogen-bond donors (Lipinski definition) is 2. The average Bonchev–Trinajstić information content (AvgIpc) is 3.26. The Labute approximate surface area is 118 Å².